The van der Waals surface area contributed by atoms with Crippen LogP contribution in [0.1, 0.15) is 55.0 Å². The predicted molar refractivity (Wildman–Crippen MR) is 88.5 cm³/mol. The van der Waals surface area contributed by atoms with Crippen molar-refractivity contribution in [2.75, 3.05) is 0 Å². The monoisotopic (exact) mass is 309 g/mol. The van der Waals surface area contributed by atoms with Crippen LogP contribution in [0.4, 0.5) is 0 Å². The normalized spacial score (nSPS) is 27.7. The molecule has 2 aromatic rings. The minimum Gasteiger partial charge on any atom is -0.487 e. The largest absolute Gasteiger partial charge is 0.487 e. The van der Waals surface area contributed by atoms with Crippen molar-refractivity contribution in [2.45, 2.75) is 62.6 Å². The Balaban J connectivity index is 1.39. The number of aromatic amines is 1. The van der Waals surface area contributed by atoms with Crippen LogP contribution in [-0.4, -0.2) is 21.8 Å². The Labute approximate surface area is 136 Å². The fourth-order valence-electron chi connectivity index (χ4n) is 4.49. The minimum absolute atomic E-state index is 0.0987. The second-order valence-corrected chi connectivity index (χ2v) is 7.41. The first-order chi connectivity index (χ1) is 11.3. The highest BCUT2D eigenvalue weighted by Crippen LogP contribution is 2.49. The maximum atomic E-state index is 6.36. The van der Waals surface area contributed by atoms with Gasteiger partial charge < -0.3 is 10.1 Å². The van der Waals surface area contributed by atoms with Gasteiger partial charge >= 0.3 is 0 Å². The second kappa shape index (κ2) is 5.10. The summed E-state index contributed by atoms with van der Waals surface area (Å²) >= 11 is 0. The average molecular weight is 309 g/mol. The van der Waals surface area contributed by atoms with E-state index in [0.717, 1.165) is 25.0 Å². The molecule has 23 heavy (non-hydrogen) atoms. The molecule has 0 bridgehead atoms. The van der Waals surface area contributed by atoms with Crippen LogP contribution in [0.3, 0.4) is 0 Å². The van der Waals surface area contributed by atoms with Crippen LogP contribution >= 0.6 is 0 Å². The van der Waals surface area contributed by atoms with Gasteiger partial charge in [0.1, 0.15) is 11.4 Å². The number of para-hydroxylation sites is 1. The fourth-order valence-corrected chi connectivity index (χ4v) is 4.49. The van der Waals surface area contributed by atoms with E-state index in [9.17, 15) is 0 Å². The van der Waals surface area contributed by atoms with E-state index in [-0.39, 0.29) is 5.60 Å². The van der Waals surface area contributed by atoms with Crippen LogP contribution in [0, 0.1) is 0 Å². The molecule has 1 fully saturated rings. The topological polar surface area (TPSA) is 49.9 Å². The lowest BCUT2D eigenvalue weighted by atomic mass is 9.72. The first-order valence-corrected chi connectivity index (χ1v) is 8.86. The maximum Gasteiger partial charge on any atom is 0.124 e. The van der Waals surface area contributed by atoms with Crippen molar-refractivity contribution in [3.8, 4) is 5.75 Å². The zero-order valence-corrected chi connectivity index (χ0v) is 13.3. The molecule has 4 nitrogen and oxygen atoms in total. The van der Waals surface area contributed by atoms with Crippen LogP contribution in [0.25, 0.3) is 0 Å². The third-order valence-corrected chi connectivity index (χ3v) is 5.92. The highest BCUT2D eigenvalue weighted by Gasteiger charge is 2.45. The molecule has 3 aliphatic rings. The third-order valence-electron chi connectivity index (χ3n) is 5.92. The summed E-state index contributed by atoms with van der Waals surface area (Å²) in [6, 6.07) is 9.53. The number of ether oxygens (including phenoxy) is 1. The highest BCUT2D eigenvalue weighted by atomic mass is 16.5. The molecule has 0 radical (unpaired) electrons. The number of hydrogen-bond acceptors (Lipinski definition) is 3. The number of aromatic nitrogens is 2. The molecule has 4 heteroatoms. The fraction of sp³-hybridized carbons (Fsp3) is 0.526. The van der Waals surface area contributed by atoms with Crippen molar-refractivity contribution in [1.82, 2.24) is 15.5 Å². The lowest BCUT2D eigenvalue weighted by Gasteiger charge is -2.48. The van der Waals surface area contributed by atoms with Gasteiger partial charge in [-0.05, 0) is 50.2 Å². The number of hydrogen-bond donors (Lipinski definition) is 2. The molecule has 2 heterocycles. The summed E-state index contributed by atoms with van der Waals surface area (Å²) in [7, 11) is 0. The molecule has 1 saturated carbocycles. The van der Waals surface area contributed by atoms with Gasteiger partial charge in [-0.3, -0.25) is 5.10 Å². The Bertz CT molecular complexity index is 719. The summed E-state index contributed by atoms with van der Waals surface area (Å²) in [5.41, 5.74) is 4.14. The number of rotatable bonds is 2. The number of nitrogens with zero attached hydrogens (tertiary/aromatic N) is 1. The van der Waals surface area contributed by atoms with E-state index in [1.165, 1.54) is 42.5 Å². The molecule has 5 rings (SSSR count). The molecule has 2 N–H and O–H groups in total. The van der Waals surface area contributed by atoms with E-state index in [2.05, 4.69) is 39.8 Å². The summed E-state index contributed by atoms with van der Waals surface area (Å²) < 4.78 is 6.36. The van der Waals surface area contributed by atoms with Crippen molar-refractivity contribution in [3.63, 3.8) is 0 Å². The SMILES string of the molecule is c1ccc2c(c1)OC1(CCC1)CC2NC1CCc2[nH]ncc2C1. The zero-order chi connectivity index (χ0) is 15.3. The van der Waals surface area contributed by atoms with Crippen molar-refractivity contribution < 1.29 is 4.74 Å². The molecule has 1 aromatic heterocycles. The Morgan fingerprint density at radius 3 is 3.04 bits per heavy atom. The molecule has 1 aliphatic heterocycles. The number of benzene rings is 1. The lowest BCUT2D eigenvalue weighted by Crippen LogP contribution is -2.50. The van der Waals surface area contributed by atoms with Crippen molar-refractivity contribution in [2.24, 2.45) is 0 Å². The molecule has 1 aromatic carbocycles. The van der Waals surface area contributed by atoms with Gasteiger partial charge in [0.2, 0.25) is 0 Å². The smallest absolute Gasteiger partial charge is 0.124 e. The van der Waals surface area contributed by atoms with Gasteiger partial charge in [0.15, 0.2) is 0 Å². The van der Waals surface area contributed by atoms with Gasteiger partial charge in [0.05, 0.1) is 6.20 Å². The van der Waals surface area contributed by atoms with E-state index >= 15 is 0 Å². The summed E-state index contributed by atoms with van der Waals surface area (Å²) in [5.74, 6) is 1.09. The van der Waals surface area contributed by atoms with E-state index in [1.807, 2.05) is 6.20 Å². The van der Waals surface area contributed by atoms with Crippen molar-refractivity contribution in [3.05, 3.63) is 47.3 Å². The maximum absolute atomic E-state index is 6.36. The van der Waals surface area contributed by atoms with Gasteiger partial charge in [0.25, 0.3) is 0 Å². The molecule has 2 atom stereocenters. The van der Waals surface area contributed by atoms with E-state index in [1.54, 1.807) is 0 Å². The third kappa shape index (κ3) is 2.27. The molecule has 1 spiro atoms. The Morgan fingerprint density at radius 1 is 1.26 bits per heavy atom. The molecule has 120 valence electrons. The van der Waals surface area contributed by atoms with Crippen LogP contribution in [0.15, 0.2) is 30.5 Å². The lowest BCUT2D eigenvalue weighted by molar-refractivity contribution is -0.0381. The van der Waals surface area contributed by atoms with E-state index in [0.29, 0.717) is 12.1 Å². The van der Waals surface area contributed by atoms with Crippen LogP contribution in [0.5, 0.6) is 5.75 Å². The highest BCUT2D eigenvalue weighted by molar-refractivity contribution is 5.39. The predicted octanol–water partition coefficient (Wildman–Crippen LogP) is 3.30. The summed E-state index contributed by atoms with van der Waals surface area (Å²) in [6.07, 6.45) is 10.2. The van der Waals surface area contributed by atoms with Crippen LogP contribution in [0.2, 0.25) is 0 Å². The van der Waals surface area contributed by atoms with Gasteiger partial charge in [-0.2, -0.15) is 5.10 Å². The minimum atomic E-state index is 0.0987. The number of fused-ring (bicyclic) bond motifs is 2. The molecule has 2 unspecified atom stereocenters. The summed E-state index contributed by atoms with van der Waals surface area (Å²) in [4.78, 5) is 0. The first-order valence-electron chi connectivity index (χ1n) is 8.86. The van der Waals surface area contributed by atoms with E-state index < -0.39 is 0 Å². The second-order valence-electron chi connectivity index (χ2n) is 7.41. The van der Waals surface area contributed by atoms with Crippen molar-refractivity contribution in [1.29, 1.82) is 0 Å². The number of nitrogens with one attached hydrogen (secondary N) is 2. The van der Waals surface area contributed by atoms with Gasteiger partial charge in [0, 0.05) is 29.8 Å². The van der Waals surface area contributed by atoms with Crippen molar-refractivity contribution >= 4 is 0 Å². The molecule has 0 amide bonds. The Hall–Kier alpha value is -1.81. The summed E-state index contributed by atoms with van der Waals surface area (Å²) in [5, 5.41) is 11.3. The molecule has 2 aliphatic carbocycles. The number of H-pyrrole nitrogens is 1. The molecular weight excluding hydrogens is 286 g/mol. The van der Waals surface area contributed by atoms with Gasteiger partial charge in [-0.15, -0.1) is 0 Å². The quantitative estimate of drug-likeness (QED) is 0.895. The standard InChI is InChI=1S/C19H23N3O/c1-2-5-18-15(4-1)17(11-19(23-18)8-3-9-19)21-14-6-7-16-13(10-14)12-20-22-16/h1-2,4-5,12,14,17,21H,3,6-11H2,(H,20,22). The van der Waals surface area contributed by atoms with Crippen LogP contribution in [-0.2, 0) is 12.8 Å². The first kappa shape index (κ1) is 13.6. The summed E-state index contributed by atoms with van der Waals surface area (Å²) in [6.45, 7) is 0. The average Bonchev–Trinajstić information content (AvgIpc) is 3.01. The zero-order valence-electron chi connectivity index (χ0n) is 13.3. The van der Waals surface area contributed by atoms with Crippen LogP contribution < -0.4 is 10.1 Å². The Morgan fingerprint density at radius 2 is 2.17 bits per heavy atom. The molecular formula is C19H23N3O. The van der Waals surface area contributed by atoms with Gasteiger partial charge in [-0.1, -0.05) is 18.2 Å². The Kier molecular flexibility index (Phi) is 3.02. The number of aryl methyl sites for hydroxylation is 1. The van der Waals surface area contributed by atoms with Gasteiger partial charge in [-0.25, -0.2) is 0 Å². The van der Waals surface area contributed by atoms with E-state index in [4.69, 9.17) is 4.74 Å². The molecule has 0 saturated heterocycles.